The first-order valence-corrected chi connectivity index (χ1v) is 6.85. The first kappa shape index (κ1) is 12.4. The van der Waals surface area contributed by atoms with Crippen molar-refractivity contribution in [2.24, 2.45) is 0 Å². The highest BCUT2D eigenvalue weighted by Gasteiger charge is 2.21. The Morgan fingerprint density at radius 2 is 1.89 bits per heavy atom. The number of aryl methyl sites for hydroxylation is 3. The lowest BCUT2D eigenvalue weighted by molar-refractivity contribution is 0.636. The van der Waals surface area contributed by atoms with Gasteiger partial charge in [-0.1, -0.05) is 17.7 Å². The van der Waals surface area contributed by atoms with Crippen molar-refractivity contribution in [3.05, 3.63) is 41.0 Å². The summed E-state index contributed by atoms with van der Waals surface area (Å²) in [7, 11) is 0. The molecule has 3 rings (SSSR count). The Balaban J connectivity index is 1.95. The molecule has 0 bridgehead atoms. The zero-order valence-electron chi connectivity index (χ0n) is 11.8. The molecule has 1 aromatic carbocycles. The van der Waals surface area contributed by atoms with E-state index >= 15 is 0 Å². The number of aromatic nitrogens is 3. The molecule has 0 radical (unpaired) electrons. The molecule has 1 aliphatic rings. The summed E-state index contributed by atoms with van der Waals surface area (Å²) in [4.78, 5) is 4.39. The van der Waals surface area contributed by atoms with Crippen LogP contribution in [0.3, 0.4) is 0 Å². The molecule has 0 spiro atoms. The highest BCUT2D eigenvalue weighted by Crippen LogP contribution is 2.22. The Morgan fingerprint density at radius 1 is 1.21 bits per heavy atom. The number of benzene rings is 1. The fraction of sp³-hybridized carbons (Fsp3) is 0.467. The molecule has 100 valence electrons. The SMILES string of the molecule is Cc1cc(C)c(-n2ncnc2CNC2CC2)c(C)c1. The molecule has 1 heterocycles. The maximum absolute atomic E-state index is 4.40. The van der Waals surface area contributed by atoms with E-state index in [0.29, 0.717) is 6.04 Å². The summed E-state index contributed by atoms with van der Waals surface area (Å²) in [6.45, 7) is 7.18. The first-order chi connectivity index (χ1) is 9.15. The summed E-state index contributed by atoms with van der Waals surface area (Å²) >= 11 is 0. The van der Waals surface area contributed by atoms with Crippen LogP contribution in [0.2, 0.25) is 0 Å². The summed E-state index contributed by atoms with van der Waals surface area (Å²) in [5, 5.41) is 7.90. The lowest BCUT2D eigenvalue weighted by Crippen LogP contribution is -2.19. The van der Waals surface area contributed by atoms with Gasteiger partial charge in [0, 0.05) is 6.04 Å². The van der Waals surface area contributed by atoms with E-state index < -0.39 is 0 Å². The summed E-state index contributed by atoms with van der Waals surface area (Å²) in [6.07, 6.45) is 4.22. The van der Waals surface area contributed by atoms with Crippen LogP contribution >= 0.6 is 0 Å². The van der Waals surface area contributed by atoms with Gasteiger partial charge in [-0.05, 0) is 44.7 Å². The monoisotopic (exact) mass is 256 g/mol. The van der Waals surface area contributed by atoms with E-state index in [-0.39, 0.29) is 0 Å². The van der Waals surface area contributed by atoms with Crippen molar-refractivity contribution >= 4 is 0 Å². The molecule has 1 fully saturated rings. The van der Waals surface area contributed by atoms with Crippen LogP contribution in [0, 0.1) is 20.8 Å². The molecule has 2 aromatic rings. The number of rotatable bonds is 4. The van der Waals surface area contributed by atoms with Crippen LogP contribution in [0.1, 0.15) is 35.4 Å². The predicted molar refractivity (Wildman–Crippen MR) is 75.4 cm³/mol. The molecule has 1 aliphatic carbocycles. The maximum Gasteiger partial charge on any atom is 0.146 e. The third kappa shape index (κ3) is 2.54. The van der Waals surface area contributed by atoms with E-state index in [1.54, 1.807) is 6.33 Å². The van der Waals surface area contributed by atoms with Gasteiger partial charge in [0.15, 0.2) is 0 Å². The van der Waals surface area contributed by atoms with Crippen molar-refractivity contribution in [2.75, 3.05) is 0 Å². The van der Waals surface area contributed by atoms with Crippen LogP contribution in [-0.2, 0) is 6.54 Å². The second-order valence-electron chi connectivity index (χ2n) is 5.49. The summed E-state index contributed by atoms with van der Waals surface area (Å²) < 4.78 is 1.97. The van der Waals surface area contributed by atoms with Gasteiger partial charge in [0.25, 0.3) is 0 Å². The van der Waals surface area contributed by atoms with Gasteiger partial charge in [-0.2, -0.15) is 5.10 Å². The third-order valence-electron chi connectivity index (χ3n) is 3.59. The van der Waals surface area contributed by atoms with Gasteiger partial charge in [-0.15, -0.1) is 0 Å². The minimum absolute atomic E-state index is 0.686. The maximum atomic E-state index is 4.40. The van der Waals surface area contributed by atoms with E-state index in [0.717, 1.165) is 18.1 Å². The van der Waals surface area contributed by atoms with Gasteiger partial charge in [0.05, 0.1) is 12.2 Å². The second kappa shape index (κ2) is 4.78. The molecule has 1 N–H and O–H groups in total. The molecular formula is C15H20N4. The first-order valence-electron chi connectivity index (χ1n) is 6.85. The van der Waals surface area contributed by atoms with Crippen LogP contribution < -0.4 is 5.32 Å². The quantitative estimate of drug-likeness (QED) is 0.913. The molecule has 1 aromatic heterocycles. The number of hydrogen-bond acceptors (Lipinski definition) is 3. The van der Waals surface area contributed by atoms with Crippen molar-refractivity contribution in [3.63, 3.8) is 0 Å². The zero-order chi connectivity index (χ0) is 13.4. The number of hydrogen-bond donors (Lipinski definition) is 1. The van der Waals surface area contributed by atoms with Gasteiger partial charge < -0.3 is 5.32 Å². The van der Waals surface area contributed by atoms with Crippen molar-refractivity contribution in [1.82, 2.24) is 20.1 Å². The molecule has 1 saturated carbocycles. The minimum atomic E-state index is 0.686. The van der Waals surface area contributed by atoms with Gasteiger partial charge in [-0.25, -0.2) is 9.67 Å². The Hall–Kier alpha value is -1.68. The van der Waals surface area contributed by atoms with E-state index in [2.05, 4.69) is 48.3 Å². The van der Waals surface area contributed by atoms with Crippen molar-refractivity contribution in [1.29, 1.82) is 0 Å². The summed E-state index contributed by atoms with van der Waals surface area (Å²) in [6, 6.07) is 5.08. The van der Waals surface area contributed by atoms with Crippen LogP contribution in [0.4, 0.5) is 0 Å². The highest BCUT2D eigenvalue weighted by molar-refractivity contribution is 5.49. The van der Waals surface area contributed by atoms with Crippen molar-refractivity contribution < 1.29 is 0 Å². The molecule has 19 heavy (non-hydrogen) atoms. The normalized spacial score (nSPS) is 14.9. The van der Waals surface area contributed by atoms with Gasteiger partial charge >= 0.3 is 0 Å². The molecule has 0 unspecified atom stereocenters. The van der Waals surface area contributed by atoms with Gasteiger partial charge in [0.2, 0.25) is 0 Å². The second-order valence-corrected chi connectivity index (χ2v) is 5.49. The van der Waals surface area contributed by atoms with Gasteiger partial charge in [0.1, 0.15) is 12.2 Å². The van der Waals surface area contributed by atoms with Crippen LogP contribution in [0.25, 0.3) is 5.69 Å². The van der Waals surface area contributed by atoms with E-state index in [4.69, 9.17) is 0 Å². The fourth-order valence-corrected chi connectivity index (χ4v) is 2.60. The number of nitrogens with one attached hydrogen (secondary N) is 1. The smallest absolute Gasteiger partial charge is 0.146 e. The minimum Gasteiger partial charge on any atom is -0.307 e. The molecule has 0 saturated heterocycles. The summed E-state index contributed by atoms with van der Waals surface area (Å²) in [5.74, 6) is 0.988. The van der Waals surface area contributed by atoms with E-state index in [1.165, 1.54) is 29.5 Å². The zero-order valence-corrected chi connectivity index (χ0v) is 11.8. The third-order valence-corrected chi connectivity index (χ3v) is 3.59. The Bertz CT molecular complexity index is 573. The van der Waals surface area contributed by atoms with Crippen molar-refractivity contribution in [3.8, 4) is 5.69 Å². The average molecular weight is 256 g/mol. The van der Waals surface area contributed by atoms with Crippen LogP contribution in [0.5, 0.6) is 0 Å². The van der Waals surface area contributed by atoms with Crippen LogP contribution in [-0.4, -0.2) is 20.8 Å². The molecule has 0 amide bonds. The van der Waals surface area contributed by atoms with E-state index in [9.17, 15) is 0 Å². The Kier molecular flexibility index (Phi) is 3.11. The standard InChI is InChI=1S/C15H20N4/c1-10-6-11(2)15(12(3)7-10)19-14(17-9-18-19)8-16-13-4-5-13/h6-7,9,13,16H,4-5,8H2,1-3H3. The van der Waals surface area contributed by atoms with Gasteiger partial charge in [-0.3, -0.25) is 0 Å². The molecular weight excluding hydrogens is 236 g/mol. The highest BCUT2D eigenvalue weighted by atomic mass is 15.3. The Labute approximate surface area is 113 Å². The lowest BCUT2D eigenvalue weighted by atomic mass is 10.1. The van der Waals surface area contributed by atoms with Crippen LogP contribution in [0.15, 0.2) is 18.5 Å². The summed E-state index contributed by atoms with van der Waals surface area (Å²) in [5.41, 5.74) is 4.94. The molecule has 0 atom stereocenters. The Morgan fingerprint density at radius 3 is 2.53 bits per heavy atom. The van der Waals surface area contributed by atoms with Crippen molar-refractivity contribution in [2.45, 2.75) is 46.2 Å². The molecule has 4 nitrogen and oxygen atoms in total. The fourth-order valence-electron chi connectivity index (χ4n) is 2.60. The largest absolute Gasteiger partial charge is 0.307 e. The topological polar surface area (TPSA) is 42.7 Å². The lowest BCUT2D eigenvalue weighted by Gasteiger charge is -2.13. The predicted octanol–water partition coefficient (Wildman–Crippen LogP) is 2.44. The van der Waals surface area contributed by atoms with E-state index in [1.807, 2.05) is 4.68 Å². The number of nitrogens with zero attached hydrogens (tertiary/aromatic N) is 3. The average Bonchev–Trinajstić information content (AvgIpc) is 3.06. The molecule has 4 heteroatoms. The molecule has 0 aliphatic heterocycles.